The summed E-state index contributed by atoms with van der Waals surface area (Å²) in [6, 6.07) is 12.4. The Kier molecular flexibility index (Phi) is 6.81. The van der Waals surface area contributed by atoms with E-state index in [2.05, 4.69) is 26.6 Å². The standard InChI is InChI=1S/C24H16BrCl4F2N3O2/c25-10-5-9(6-11(26)7-10)17-18(24(17,28)29)22(35)33-12-1-2-14(27)13(8-12)21-23(36-21)34-16-4-3-15(30)20(32)19(16)31/h1-8,17-18,21,23,34H,32H2,(H,33,35). The molecule has 5 nitrogen and oxygen atoms in total. The summed E-state index contributed by atoms with van der Waals surface area (Å²) >= 11 is 28.8. The van der Waals surface area contributed by atoms with Gasteiger partial charge in [0.15, 0.2) is 12.0 Å². The minimum atomic E-state index is -1.29. The summed E-state index contributed by atoms with van der Waals surface area (Å²) < 4.78 is 32.7. The van der Waals surface area contributed by atoms with Crippen molar-refractivity contribution in [2.75, 3.05) is 16.4 Å². The van der Waals surface area contributed by atoms with Gasteiger partial charge in [-0.2, -0.15) is 0 Å². The Morgan fingerprint density at radius 1 is 1.08 bits per heavy atom. The van der Waals surface area contributed by atoms with Gasteiger partial charge in [0.05, 0.1) is 11.6 Å². The minimum Gasteiger partial charge on any atom is -0.394 e. The molecule has 2 aliphatic rings. The highest BCUT2D eigenvalue weighted by Crippen LogP contribution is 2.65. The Morgan fingerprint density at radius 2 is 1.83 bits per heavy atom. The number of ether oxygens (including phenoxy) is 1. The summed E-state index contributed by atoms with van der Waals surface area (Å²) in [6.45, 7) is 0. The van der Waals surface area contributed by atoms with Crippen molar-refractivity contribution in [3.05, 3.63) is 85.8 Å². The van der Waals surface area contributed by atoms with Gasteiger partial charge in [0, 0.05) is 31.7 Å². The van der Waals surface area contributed by atoms with Crippen LogP contribution in [0.25, 0.3) is 0 Å². The van der Waals surface area contributed by atoms with E-state index in [1.165, 1.54) is 6.07 Å². The van der Waals surface area contributed by atoms with Crippen LogP contribution >= 0.6 is 62.3 Å². The van der Waals surface area contributed by atoms with E-state index in [1.807, 2.05) is 6.07 Å². The molecule has 4 atom stereocenters. The molecule has 0 bridgehead atoms. The number of benzene rings is 3. The highest BCUT2D eigenvalue weighted by molar-refractivity contribution is 9.10. The number of halogens is 7. The van der Waals surface area contributed by atoms with Crippen molar-refractivity contribution in [3.8, 4) is 0 Å². The lowest BCUT2D eigenvalue weighted by atomic mass is 10.1. The maximum Gasteiger partial charge on any atom is 0.231 e. The topological polar surface area (TPSA) is 79.7 Å². The van der Waals surface area contributed by atoms with Gasteiger partial charge in [0.2, 0.25) is 5.91 Å². The second-order valence-electron chi connectivity index (χ2n) is 8.50. The van der Waals surface area contributed by atoms with Gasteiger partial charge in [-0.25, -0.2) is 8.78 Å². The fourth-order valence-corrected chi connectivity index (χ4v) is 6.11. The maximum absolute atomic E-state index is 14.2. The average molecular weight is 638 g/mol. The van der Waals surface area contributed by atoms with E-state index in [9.17, 15) is 13.6 Å². The van der Waals surface area contributed by atoms with Gasteiger partial charge in [0.25, 0.3) is 0 Å². The number of hydrogen-bond donors (Lipinski definition) is 3. The first kappa shape index (κ1) is 25.8. The fourth-order valence-electron chi connectivity index (χ4n) is 4.17. The van der Waals surface area contributed by atoms with Crippen molar-refractivity contribution in [1.82, 2.24) is 0 Å². The van der Waals surface area contributed by atoms with Crippen LogP contribution in [-0.2, 0) is 9.53 Å². The van der Waals surface area contributed by atoms with E-state index >= 15 is 0 Å². The third-order valence-electron chi connectivity index (χ3n) is 6.07. The number of nitrogen functional groups attached to an aromatic ring is 1. The molecule has 1 saturated heterocycles. The van der Waals surface area contributed by atoms with Crippen molar-refractivity contribution in [2.45, 2.75) is 22.6 Å². The summed E-state index contributed by atoms with van der Waals surface area (Å²) in [4.78, 5) is 13.0. The van der Waals surface area contributed by atoms with Crippen LogP contribution in [0.3, 0.4) is 0 Å². The quantitative estimate of drug-likeness (QED) is 0.147. The predicted octanol–water partition coefficient (Wildman–Crippen LogP) is 7.65. The van der Waals surface area contributed by atoms with Gasteiger partial charge in [0.1, 0.15) is 21.9 Å². The first-order valence-corrected chi connectivity index (χ1v) is 12.9. The van der Waals surface area contributed by atoms with E-state index in [1.54, 1.807) is 30.3 Å². The minimum absolute atomic E-state index is 0.00466. The van der Waals surface area contributed by atoms with Gasteiger partial charge in [-0.3, -0.25) is 4.79 Å². The zero-order valence-electron chi connectivity index (χ0n) is 18.0. The molecule has 2 fully saturated rings. The number of carbonyl (C=O) groups excluding carboxylic acids is 1. The lowest BCUT2D eigenvalue weighted by Gasteiger charge is -2.09. The van der Waals surface area contributed by atoms with Crippen LogP contribution in [-0.4, -0.2) is 16.5 Å². The van der Waals surface area contributed by atoms with E-state index in [4.69, 9.17) is 56.9 Å². The highest BCUT2D eigenvalue weighted by Gasteiger charge is 2.67. The molecule has 0 spiro atoms. The third-order valence-corrected chi connectivity index (χ3v) is 8.03. The Bertz CT molecular complexity index is 1370. The van der Waals surface area contributed by atoms with Crippen LogP contribution in [0, 0.1) is 17.6 Å². The molecule has 1 heterocycles. The SMILES string of the molecule is Nc1c(F)ccc(NC2OC2c2cc(NC(=O)C3C(c4cc(Cl)cc(Br)c4)C3(Cl)Cl)ccc2Cl)c1F. The Morgan fingerprint density at radius 3 is 2.56 bits per heavy atom. The van der Waals surface area contributed by atoms with Crippen molar-refractivity contribution < 1.29 is 18.3 Å². The summed E-state index contributed by atoms with van der Waals surface area (Å²) in [5.74, 6) is -3.28. The molecule has 1 aliphatic carbocycles. The molecule has 188 valence electrons. The molecule has 4 N–H and O–H groups in total. The number of alkyl halides is 2. The molecule has 1 aliphatic heterocycles. The Hall–Kier alpha value is -1.81. The lowest BCUT2D eigenvalue weighted by Crippen LogP contribution is -2.17. The normalized spacial score (nSPS) is 23.8. The molecule has 3 aromatic carbocycles. The number of epoxide rings is 1. The fraction of sp³-hybridized carbons (Fsp3) is 0.208. The summed E-state index contributed by atoms with van der Waals surface area (Å²) in [6.07, 6.45) is -1.15. The van der Waals surface area contributed by atoms with E-state index in [0.717, 1.165) is 16.1 Å². The Labute approximate surface area is 233 Å². The summed E-state index contributed by atoms with van der Waals surface area (Å²) in [5, 5.41) is 6.52. The van der Waals surface area contributed by atoms with Crippen molar-refractivity contribution in [3.63, 3.8) is 0 Å². The van der Waals surface area contributed by atoms with Crippen LogP contribution in [0.5, 0.6) is 0 Å². The number of hydrogen-bond acceptors (Lipinski definition) is 4. The van der Waals surface area contributed by atoms with Crippen molar-refractivity contribution in [1.29, 1.82) is 0 Å². The molecule has 0 aromatic heterocycles. The number of carbonyl (C=O) groups is 1. The number of rotatable bonds is 6. The first-order valence-electron chi connectivity index (χ1n) is 10.6. The number of amides is 1. The summed E-state index contributed by atoms with van der Waals surface area (Å²) in [5.41, 5.74) is 6.57. The molecule has 12 heteroatoms. The third kappa shape index (κ3) is 4.87. The zero-order valence-corrected chi connectivity index (χ0v) is 22.6. The molecule has 1 saturated carbocycles. The average Bonchev–Trinajstić information content (AvgIpc) is 3.69. The Balaban J connectivity index is 1.29. The zero-order chi connectivity index (χ0) is 25.9. The monoisotopic (exact) mass is 635 g/mol. The maximum atomic E-state index is 14.2. The predicted molar refractivity (Wildman–Crippen MR) is 142 cm³/mol. The van der Waals surface area contributed by atoms with Crippen LogP contribution in [0.4, 0.5) is 25.8 Å². The molecule has 1 amide bonds. The van der Waals surface area contributed by atoms with Gasteiger partial charge in [-0.1, -0.05) is 39.1 Å². The van der Waals surface area contributed by atoms with Crippen LogP contribution < -0.4 is 16.4 Å². The number of nitrogens with one attached hydrogen (secondary N) is 2. The lowest BCUT2D eigenvalue weighted by molar-refractivity contribution is -0.117. The molecule has 0 radical (unpaired) electrons. The molecule has 5 rings (SSSR count). The van der Waals surface area contributed by atoms with Gasteiger partial charge < -0.3 is 21.1 Å². The van der Waals surface area contributed by atoms with Crippen molar-refractivity contribution >= 4 is 85.3 Å². The van der Waals surface area contributed by atoms with Crippen LogP contribution in [0.2, 0.25) is 10.0 Å². The van der Waals surface area contributed by atoms with Crippen LogP contribution in [0.1, 0.15) is 23.1 Å². The number of nitrogens with two attached hydrogens (primary N) is 1. The van der Waals surface area contributed by atoms with E-state index in [-0.39, 0.29) is 11.6 Å². The highest BCUT2D eigenvalue weighted by atomic mass is 79.9. The molecule has 3 aromatic rings. The van der Waals surface area contributed by atoms with E-state index < -0.39 is 45.8 Å². The van der Waals surface area contributed by atoms with Gasteiger partial charge in [-0.15, -0.1) is 23.2 Å². The smallest absolute Gasteiger partial charge is 0.231 e. The van der Waals surface area contributed by atoms with E-state index in [0.29, 0.717) is 21.3 Å². The first-order chi connectivity index (χ1) is 17.0. The van der Waals surface area contributed by atoms with Crippen LogP contribution in [0.15, 0.2) is 53.0 Å². The molecule has 36 heavy (non-hydrogen) atoms. The largest absolute Gasteiger partial charge is 0.394 e. The molecular weight excluding hydrogens is 622 g/mol. The molecule has 4 unspecified atom stereocenters. The van der Waals surface area contributed by atoms with Gasteiger partial charge in [-0.05, 0) is 54.1 Å². The second kappa shape index (κ2) is 9.49. The number of anilines is 3. The molecular formula is C24H16BrCl4F2N3O2. The second-order valence-corrected chi connectivity index (χ2v) is 11.7. The van der Waals surface area contributed by atoms with Gasteiger partial charge >= 0.3 is 0 Å². The summed E-state index contributed by atoms with van der Waals surface area (Å²) in [7, 11) is 0. The van der Waals surface area contributed by atoms with Crippen molar-refractivity contribution in [2.24, 2.45) is 5.92 Å².